The number of likely N-dealkylation sites (N-methyl/N-ethyl adjacent to an activating group) is 1. The molecule has 60 heavy (non-hydrogen) atoms. The number of carbonyl (C=O) groups excluding carboxylic acids is 3. The zero-order chi connectivity index (χ0) is 44.2. The van der Waals surface area contributed by atoms with Crippen molar-refractivity contribution in [2.24, 2.45) is 0 Å². The average molecular weight is 842 g/mol. The van der Waals surface area contributed by atoms with Crippen LogP contribution in [-0.4, -0.2) is 75.5 Å². The van der Waals surface area contributed by atoms with Crippen LogP contribution in [0.3, 0.4) is 0 Å². The highest BCUT2D eigenvalue weighted by molar-refractivity contribution is 5.70. The second-order valence-electron chi connectivity index (χ2n) is 17.4. The van der Waals surface area contributed by atoms with Crippen molar-refractivity contribution in [1.82, 2.24) is 0 Å². The normalized spacial score (nSPS) is 13.4. The molecule has 2 atom stereocenters. The summed E-state index contributed by atoms with van der Waals surface area (Å²) >= 11 is 0. The minimum absolute atomic E-state index is 0.0228. The van der Waals surface area contributed by atoms with E-state index in [1.807, 2.05) is 48.6 Å². The highest BCUT2D eigenvalue weighted by Gasteiger charge is 2.25. The molecule has 0 saturated heterocycles. The predicted molar refractivity (Wildman–Crippen MR) is 249 cm³/mol. The lowest BCUT2D eigenvalue weighted by molar-refractivity contribution is -0.889. The van der Waals surface area contributed by atoms with Gasteiger partial charge in [0, 0.05) is 19.3 Å². The van der Waals surface area contributed by atoms with Gasteiger partial charge in [0.2, 0.25) is 0 Å². The Morgan fingerprint density at radius 1 is 0.517 bits per heavy atom. The van der Waals surface area contributed by atoms with Gasteiger partial charge in [0.15, 0.2) is 6.10 Å². The summed E-state index contributed by atoms with van der Waals surface area (Å²) in [6.45, 7) is 4.49. The molecule has 0 rings (SSSR count). The van der Waals surface area contributed by atoms with Crippen molar-refractivity contribution in [2.75, 3.05) is 41.0 Å². The zero-order valence-electron chi connectivity index (χ0n) is 39.4. The smallest absolute Gasteiger partial charge is 0.306 e. The van der Waals surface area contributed by atoms with Gasteiger partial charge < -0.3 is 28.6 Å². The number of quaternary nitrogens is 1. The first-order valence-electron chi connectivity index (χ1n) is 24.4. The van der Waals surface area contributed by atoms with Gasteiger partial charge in [-0.2, -0.15) is 0 Å². The highest BCUT2D eigenvalue weighted by atomic mass is 16.6. The molecule has 0 aliphatic carbocycles. The first-order chi connectivity index (χ1) is 29.1. The molecule has 0 aromatic heterocycles. The van der Waals surface area contributed by atoms with Gasteiger partial charge in [-0.15, -0.1) is 0 Å². The number of hydrogen-bond donors (Lipinski definition) is 0. The number of esters is 2. The molecule has 0 aromatic rings. The van der Waals surface area contributed by atoms with Gasteiger partial charge in [0.05, 0.1) is 40.3 Å². The summed E-state index contributed by atoms with van der Waals surface area (Å²) in [6, 6.07) is -0.735. The fourth-order valence-electron chi connectivity index (χ4n) is 7.03. The number of unbranched alkanes of at least 4 members (excludes halogenated alkanes) is 23. The third-order valence-corrected chi connectivity index (χ3v) is 10.8. The van der Waals surface area contributed by atoms with Crippen LogP contribution in [0.25, 0.3) is 0 Å². The summed E-state index contributed by atoms with van der Waals surface area (Å²) in [7, 11) is 5.39. The topological polar surface area (TPSA) is 102 Å². The van der Waals surface area contributed by atoms with Crippen LogP contribution < -0.4 is 5.11 Å². The molecule has 0 N–H and O–H groups in total. The fraction of sp³-hybridized carbons (Fsp3) is 0.750. The molecule has 0 fully saturated rings. The number of hydrogen-bond acceptors (Lipinski definition) is 7. The Labute approximate surface area is 368 Å². The lowest BCUT2D eigenvalue weighted by Gasteiger charge is -2.34. The minimum Gasteiger partial charge on any atom is -0.544 e. The molecule has 0 saturated carbocycles. The van der Waals surface area contributed by atoms with Crippen LogP contribution >= 0.6 is 0 Å². The SMILES string of the molecule is CC/C=C/C=C/C=C/C=C/C=C/CCCCCC(=O)OC(COCCC(C(=O)[O-])[N+](C)(C)C)COC(=O)CCCCCCCCCCCCCCCCCCCCCCC. The van der Waals surface area contributed by atoms with Gasteiger partial charge in [-0.3, -0.25) is 9.59 Å². The molecule has 0 aromatic carbocycles. The monoisotopic (exact) mass is 842 g/mol. The van der Waals surface area contributed by atoms with Crippen LogP contribution in [0.2, 0.25) is 0 Å². The molecule has 8 nitrogen and oxygen atoms in total. The Hall–Kier alpha value is -2.97. The average Bonchev–Trinajstić information content (AvgIpc) is 3.21. The highest BCUT2D eigenvalue weighted by Crippen LogP contribution is 2.16. The summed E-state index contributed by atoms with van der Waals surface area (Å²) < 4.78 is 17.2. The number of carboxylic acid groups (broad SMARTS) is 1. The van der Waals surface area contributed by atoms with E-state index in [0.29, 0.717) is 12.8 Å². The quantitative estimate of drug-likeness (QED) is 0.0261. The van der Waals surface area contributed by atoms with E-state index in [9.17, 15) is 19.5 Å². The summed E-state index contributed by atoms with van der Waals surface area (Å²) in [5.74, 6) is -1.79. The molecule has 0 amide bonds. The predicted octanol–water partition coefficient (Wildman–Crippen LogP) is 12.4. The van der Waals surface area contributed by atoms with E-state index in [1.165, 1.54) is 116 Å². The second kappa shape index (κ2) is 42.7. The van der Waals surface area contributed by atoms with Crippen molar-refractivity contribution >= 4 is 17.9 Å². The maximum atomic E-state index is 12.7. The fourth-order valence-corrected chi connectivity index (χ4v) is 7.03. The first-order valence-corrected chi connectivity index (χ1v) is 24.4. The molecule has 0 spiro atoms. The largest absolute Gasteiger partial charge is 0.544 e. The first kappa shape index (κ1) is 57.0. The Kier molecular flexibility index (Phi) is 40.6. The number of aliphatic carboxylic acids is 1. The van der Waals surface area contributed by atoms with E-state index in [0.717, 1.165) is 44.9 Å². The molecule has 346 valence electrons. The minimum atomic E-state index is -1.13. The number of allylic oxidation sites excluding steroid dienone is 10. The van der Waals surface area contributed by atoms with E-state index in [4.69, 9.17) is 14.2 Å². The maximum Gasteiger partial charge on any atom is 0.306 e. The van der Waals surface area contributed by atoms with Crippen LogP contribution in [-0.2, 0) is 28.6 Å². The lowest BCUT2D eigenvalue weighted by Crippen LogP contribution is -2.55. The molecule has 8 heteroatoms. The van der Waals surface area contributed by atoms with Gasteiger partial charge >= 0.3 is 11.9 Å². The summed E-state index contributed by atoms with van der Waals surface area (Å²) in [6.07, 6.45) is 52.6. The van der Waals surface area contributed by atoms with Crippen molar-refractivity contribution in [2.45, 2.75) is 212 Å². The van der Waals surface area contributed by atoms with Crippen LogP contribution in [0.4, 0.5) is 0 Å². The summed E-state index contributed by atoms with van der Waals surface area (Å²) in [5, 5.41) is 11.6. The third kappa shape index (κ3) is 40.4. The van der Waals surface area contributed by atoms with E-state index in [2.05, 4.69) is 26.0 Å². The molecule has 0 radical (unpaired) electrons. The Bertz CT molecular complexity index is 1170. The van der Waals surface area contributed by atoms with E-state index in [-0.39, 0.29) is 49.1 Å². The van der Waals surface area contributed by atoms with Gasteiger partial charge in [0.25, 0.3) is 0 Å². The molecule has 0 bridgehead atoms. The number of ether oxygens (including phenoxy) is 3. The van der Waals surface area contributed by atoms with Crippen molar-refractivity contribution in [3.63, 3.8) is 0 Å². The van der Waals surface area contributed by atoms with Crippen LogP contribution in [0.15, 0.2) is 60.8 Å². The molecule has 0 heterocycles. The summed E-state index contributed by atoms with van der Waals surface area (Å²) in [5.41, 5.74) is 0. The zero-order valence-corrected chi connectivity index (χ0v) is 39.4. The van der Waals surface area contributed by atoms with Gasteiger partial charge in [-0.1, -0.05) is 209 Å². The van der Waals surface area contributed by atoms with Crippen molar-refractivity contribution in [3.8, 4) is 0 Å². The Balaban J connectivity index is 4.28. The van der Waals surface area contributed by atoms with Gasteiger partial charge in [-0.05, 0) is 32.1 Å². The number of carboxylic acids is 1. The Morgan fingerprint density at radius 3 is 1.38 bits per heavy atom. The number of nitrogens with zero attached hydrogens (tertiary/aromatic N) is 1. The van der Waals surface area contributed by atoms with Crippen molar-refractivity contribution in [1.29, 1.82) is 0 Å². The molecule has 2 unspecified atom stereocenters. The molecular formula is C52H91NO7. The van der Waals surface area contributed by atoms with Crippen molar-refractivity contribution < 1.29 is 38.2 Å². The molecule has 0 aliphatic rings. The van der Waals surface area contributed by atoms with E-state index in [1.54, 1.807) is 21.1 Å². The van der Waals surface area contributed by atoms with E-state index >= 15 is 0 Å². The van der Waals surface area contributed by atoms with Gasteiger partial charge in [-0.25, -0.2) is 0 Å². The van der Waals surface area contributed by atoms with Crippen LogP contribution in [0.1, 0.15) is 200 Å². The summed E-state index contributed by atoms with van der Waals surface area (Å²) in [4.78, 5) is 36.9. The Morgan fingerprint density at radius 2 is 0.933 bits per heavy atom. The lowest BCUT2D eigenvalue weighted by atomic mass is 10.0. The maximum absolute atomic E-state index is 12.7. The van der Waals surface area contributed by atoms with Crippen molar-refractivity contribution in [3.05, 3.63) is 60.8 Å². The van der Waals surface area contributed by atoms with Crippen LogP contribution in [0.5, 0.6) is 0 Å². The van der Waals surface area contributed by atoms with Gasteiger partial charge in [0.1, 0.15) is 12.6 Å². The number of rotatable bonds is 43. The van der Waals surface area contributed by atoms with Crippen LogP contribution in [0, 0.1) is 0 Å². The second-order valence-corrected chi connectivity index (χ2v) is 17.4. The molecular weight excluding hydrogens is 751 g/mol. The van der Waals surface area contributed by atoms with E-state index < -0.39 is 18.1 Å². The third-order valence-electron chi connectivity index (χ3n) is 10.8. The number of carbonyl (C=O) groups is 3. The molecule has 0 aliphatic heterocycles. The standard InChI is InChI=1S/C52H91NO7/c1-6-8-10-12-14-16-18-20-22-23-24-25-26-27-29-30-32-34-36-38-40-42-50(54)59-47-48(46-58-45-44-49(52(56)57)53(3,4)5)60-51(55)43-41-39-37-35-33-31-28-21-19-17-15-13-11-9-7-2/h9,11,13,15,17,19,21,28,31,33,48-49H,6-8,10,12,14,16,18,20,22-27,29-30,32,34-47H2,1-5H3/b11-9+,15-13+,19-17+,28-21+,33-31+.